The van der Waals surface area contributed by atoms with E-state index in [2.05, 4.69) is 10.3 Å². The Bertz CT molecular complexity index is 1280. The molecule has 164 valence electrons. The van der Waals surface area contributed by atoms with Crippen molar-refractivity contribution < 1.29 is 22.3 Å². The number of hydrogen-bond acceptors (Lipinski definition) is 7. The summed E-state index contributed by atoms with van der Waals surface area (Å²) in [5.41, 5.74) is 1.60. The summed E-state index contributed by atoms with van der Waals surface area (Å²) in [6.07, 6.45) is 0. The van der Waals surface area contributed by atoms with Crippen LogP contribution in [-0.2, 0) is 16.4 Å². The third-order valence-electron chi connectivity index (χ3n) is 4.85. The van der Waals surface area contributed by atoms with Crippen LogP contribution in [0.15, 0.2) is 93.2 Å². The maximum Gasteiger partial charge on any atom is 0.234 e. The second-order valence-electron chi connectivity index (χ2n) is 6.90. The molecule has 1 heterocycles. The summed E-state index contributed by atoms with van der Waals surface area (Å²) in [6, 6.07) is 22.8. The molecular formula is C24H22N2O5S. The van der Waals surface area contributed by atoms with Crippen molar-refractivity contribution in [2.24, 2.45) is 0 Å². The van der Waals surface area contributed by atoms with Gasteiger partial charge in [-0.05, 0) is 54.1 Å². The lowest BCUT2D eigenvalue weighted by Gasteiger charge is -2.07. The van der Waals surface area contributed by atoms with Crippen LogP contribution in [0.2, 0.25) is 0 Å². The Morgan fingerprint density at radius 3 is 2.03 bits per heavy atom. The topological polar surface area (TPSA) is 90.7 Å². The zero-order valence-corrected chi connectivity index (χ0v) is 18.4. The number of nitrogens with zero attached hydrogens (tertiary/aromatic N) is 1. The lowest BCUT2D eigenvalue weighted by Crippen LogP contribution is -2.07. The van der Waals surface area contributed by atoms with Gasteiger partial charge in [0.25, 0.3) is 0 Å². The lowest BCUT2D eigenvalue weighted by atomic mass is 10.2. The molecule has 0 bridgehead atoms. The minimum absolute atomic E-state index is 0.0792. The first-order valence-corrected chi connectivity index (χ1v) is 11.3. The van der Waals surface area contributed by atoms with Crippen molar-refractivity contribution in [1.29, 1.82) is 0 Å². The molecule has 1 N–H and O–H groups in total. The molecule has 0 amide bonds. The Morgan fingerprint density at radius 1 is 0.844 bits per heavy atom. The summed E-state index contributed by atoms with van der Waals surface area (Å²) in [5.74, 6) is 1.50. The van der Waals surface area contributed by atoms with Crippen molar-refractivity contribution in [3.8, 4) is 23.0 Å². The number of hydrogen-bond donors (Lipinski definition) is 1. The number of rotatable bonds is 8. The van der Waals surface area contributed by atoms with Gasteiger partial charge in [-0.25, -0.2) is 8.42 Å². The Morgan fingerprint density at radius 2 is 1.44 bits per heavy atom. The van der Waals surface area contributed by atoms with E-state index < -0.39 is 9.84 Å². The van der Waals surface area contributed by atoms with Crippen LogP contribution in [0.5, 0.6) is 11.5 Å². The summed E-state index contributed by atoms with van der Waals surface area (Å²) in [7, 11) is -0.850. The van der Waals surface area contributed by atoms with Crippen molar-refractivity contribution in [2.45, 2.75) is 16.5 Å². The van der Waals surface area contributed by atoms with E-state index in [-0.39, 0.29) is 21.7 Å². The van der Waals surface area contributed by atoms with E-state index in [0.717, 1.165) is 5.56 Å². The molecule has 4 rings (SSSR count). The van der Waals surface area contributed by atoms with Gasteiger partial charge in [-0.2, -0.15) is 4.98 Å². The largest absolute Gasteiger partial charge is 0.497 e. The standard InChI is InChI=1S/C24H22N2O5S/c1-29-19-10-8-18(9-11-19)22-26-24(23(31-22)25-16-17-6-4-3-5-7-17)32(27,28)21-14-12-20(30-2)13-15-21/h3-15,25H,16H2,1-2H3. The van der Waals surface area contributed by atoms with Gasteiger partial charge in [-0.1, -0.05) is 30.3 Å². The number of aromatic nitrogens is 1. The van der Waals surface area contributed by atoms with E-state index in [4.69, 9.17) is 13.9 Å². The minimum atomic E-state index is -3.95. The summed E-state index contributed by atoms with van der Waals surface area (Å²) >= 11 is 0. The quantitative estimate of drug-likeness (QED) is 0.412. The van der Waals surface area contributed by atoms with Crippen molar-refractivity contribution in [1.82, 2.24) is 4.98 Å². The zero-order valence-electron chi connectivity index (χ0n) is 17.6. The summed E-state index contributed by atoms with van der Waals surface area (Å²) in [5, 5.41) is 2.91. The highest BCUT2D eigenvalue weighted by molar-refractivity contribution is 7.91. The molecular weight excluding hydrogens is 428 g/mol. The Balaban J connectivity index is 1.74. The van der Waals surface area contributed by atoms with Crippen LogP contribution in [-0.4, -0.2) is 27.6 Å². The molecule has 7 nitrogen and oxygen atoms in total. The monoisotopic (exact) mass is 450 g/mol. The van der Waals surface area contributed by atoms with E-state index in [1.54, 1.807) is 43.5 Å². The molecule has 0 aliphatic heterocycles. The van der Waals surface area contributed by atoms with E-state index in [0.29, 0.717) is 23.6 Å². The minimum Gasteiger partial charge on any atom is -0.497 e. The Hall–Kier alpha value is -3.78. The molecule has 0 saturated carbocycles. The molecule has 0 aliphatic rings. The van der Waals surface area contributed by atoms with Gasteiger partial charge in [0.1, 0.15) is 11.5 Å². The van der Waals surface area contributed by atoms with Crippen molar-refractivity contribution in [3.63, 3.8) is 0 Å². The van der Waals surface area contributed by atoms with Crippen molar-refractivity contribution in [3.05, 3.63) is 84.4 Å². The second-order valence-corrected chi connectivity index (χ2v) is 8.76. The predicted molar refractivity (Wildman–Crippen MR) is 121 cm³/mol. The molecule has 0 saturated heterocycles. The molecule has 0 spiro atoms. The first kappa shape index (κ1) is 21.5. The van der Waals surface area contributed by atoms with Crippen LogP contribution in [0.25, 0.3) is 11.5 Å². The van der Waals surface area contributed by atoms with Gasteiger partial charge in [-0.3, -0.25) is 0 Å². The van der Waals surface area contributed by atoms with Crippen LogP contribution in [0.3, 0.4) is 0 Å². The number of anilines is 1. The normalized spacial score (nSPS) is 11.2. The van der Waals surface area contributed by atoms with E-state index in [1.165, 1.54) is 19.2 Å². The first-order chi connectivity index (χ1) is 15.5. The van der Waals surface area contributed by atoms with Gasteiger partial charge >= 0.3 is 0 Å². The predicted octanol–water partition coefficient (Wildman–Crippen LogP) is 4.80. The molecule has 0 aliphatic carbocycles. The van der Waals surface area contributed by atoms with Crippen LogP contribution in [0.1, 0.15) is 5.56 Å². The maximum atomic E-state index is 13.4. The molecule has 1 aromatic heterocycles. The van der Waals surface area contributed by atoms with Crippen LogP contribution < -0.4 is 14.8 Å². The molecule has 8 heteroatoms. The SMILES string of the molecule is COc1ccc(-c2nc(S(=O)(=O)c3ccc(OC)cc3)c(NCc3ccccc3)o2)cc1. The number of sulfone groups is 1. The van der Waals surface area contributed by atoms with Crippen LogP contribution in [0.4, 0.5) is 5.88 Å². The zero-order chi connectivity index (χ0) is 22.6. The van der Waals surface area contributed by atoms with Gasteiger partial charge in [0.05, 0.1) is 19.1 Å². The van der Waals surface area contributed by atoms with Crippen molar-refractivity contribution >= 4 is 15.7 Å². The maximum absolute atomic E-state index is 13.4. The molecule has 0 radical (unpaired) electrons. The third-order valence-corrected chi connectivity index (χ3v) is 6.53. The van der Waals surface area contributed by atoms with E-state index in [9.17, 15) is 8.42 Å². The smallest absolute Gasteiger partial charge is 0.234 e. The van der Waals surface area contributed by atoms with Crippen molar-refractivity contribution in [2.75, 3.05) is 19.5 Å². The molecule has 0 unspecified atom stereocenters. The summed E-state index contributed by atoms with van der Waals surface area (Å²) < 4.78 is 43.0. The number of benzene rings is 3. The fourth-order valence-electron chi connectivity index (χ4n) is 3.10. The average Bonchev–Trinajstić information content (AvgIpc) is 3.29. The number of methoxy groups -OCH3 is 2. The van der Waals surface area contributed by atoms with Gasteiger partial charge in [-0.15, -0.1) is 0 Å². The van der Waals surface area contributed by atoms with Gasteiger partial charge in [0.2, 0.25) is 26.6 Å². The van der Waals surface area contributed by atoms with E-state index >= 15 is 0 Å². The lowest BCUT2D eigenvalue weighted by molar-refractivity contribution is 0.414. The fraction of sp³-hybridized carbons (Fsp3) is 0.125. The Labute approximate surface area is 186 Å². The molecule has 4 aromatic rings. The van der Waals surface area contributed by atoms with E-state index in [1.807, 2.05) is 30.3 Å². The van der Waals surface area contributed by atoms with Crippen LogP contribution in [0, 0.1) is 0 Å². The fourth-order valence-corrected chi connectivity index (χ4v) is 4.38. The molecule has 3 aromatic carbocycles. The third kappa shape index (κ3) is 4.45. The highest BCUT2D eigenvalue weighted by atomic mass is 32.2. The number of oxazole rings is 1. The highest BCUT2D eigenvalue weighted by Gasteiger charge is 2.28. The Kier molecular flexibility index (Phi) is 6.13. The molecule has 0 fully saturated rings. The molecule has 0 atom stereocenters. The van der Waals surface area contributed by atoms with Crippen LogP contribution >= 0.6 is 0 Å². The highest BCUT2D eigenvalue weighted by Crippen LogP contribution is 2.33. The van der Waals surface area contributed by atoms with Gasteiger partial charge in [0.15, 0.2) is 0 Å². The summed E-state index contributed by atoms with van der Waals surface area (Å²) in [4.78, 5) is 4.44. The number of nitrogens with one attached hydrogen (secondary N) is 1. The summed E-state index contributed by atoms with van der Waals surface area (Å²) in [6.45, 7) is 0.378. The van der Waals surface area contributed by atoms with Gasteiger partial charge in [0, 0.05) is 12.1 Å². The van der Waals surface area contributed by atoms with Gasteiger partial charge < -0.3 is 19.2 Å². The first-order valence-electron chi connectivity index (χ1n) is 9.83. The molecule has 32 heavy (non-hydrogen) atoms. The second kappa shape index (κ2) is 9.15. The average molecular weight is 451 g/mol. The number of ether oxygens (including phenoxy) is 2.